The van der Waals surface area contributed by atoms with Crippen LogP contribution in [0.3, 0.4) is 0 Å². The highest BCUT2D eigenvalue weighted by Crippen LogP contribution is 2.43. The average molecular weight is 261 g/mol. The summed E-state index contributed by atoms with van der Waals surface area (Å²) < 4.78 is 5.01. The molecule has 1 amide bonds. The summed E-state index contributed by atoms with van der Waals surface area (Å²) in [6.45, 7) is 2.41. The van der Waals surface area contributed by atoms with Gasteiger partial charge in [0.25, 0.3) is 0 Å². The van der Waals surface area contributed by atoms with Crippen molar-refractivity contribution in [2.24, 2.45) is 0 Å². The Morgan fingerprint density at radius 2 is 2.37 bits per heavy atom. The second-order valence-corrected chi connectivity index (χ2v) is 5.31. The summed E-state index contributed by atoms with van der Waals surface area (Å²) in [6.07, 6.45) is 5.33. The van der Waals surface area contributed by atoms with Crippen molar-refractivity contribution in [2.75, 3.05) is 13.7 Å². The van der Waals surface area contributed by atoms with Gasteiger partial charge in [-0.05, 0) is 19.8 Å². The molecule has 0 N–H and O–H groups in total. The Kier molecular flexibility index (Phi) is 3.22. The lowest BCUT2D eigenvalue weighted by atomic mass is 9.99. The normalized spacial score (nSPS) is 24.4. The molecular formula is C14H19N3O2. The van der Waals surface area contributed by atoms with Gasteiger partial charge in [0.15, 0.2) is 0 Å². The van der Waals surface area contributed by atoms with Crippen LogP contribution in [0, 0.1) is 6.92 Å². The van der Waals surface area contributed by atoms with Crippen LogP contribution in [-0.4, -0.2) is 40.5 Å². The van der Waals surface area contributed by atoms with Crippen molar-refractivity contribution >= 4 is 5.91 Å². The molecule has 2 bridgehead atoms. The molecule has 2 aliphatic rings. The van der Waals surface area contributed by atoms with E-state index in [1.54, 1.807) is 7.11 Å². The minimum absolute atomic E-state index is 0.179. The standard InChI is InChI=1S/C14H19N3O2/c1-9-15-8-11-12(16-9)7-10-3-4-13(11)17(10)14(18)5-6-19-2/h8,10,13H,3-7H2,1-2H3/t10-,13+/m0/s1. The Morgan fingerprint density at radius 3 is 3.16 bits per heavy atom. The first-order chi connectivity index (χ1) is 9.20. The molecule has 5 heteroatoms. The molecule has 1 aromatic heterocycles. The summed E-state index contributed by atoms with van der Waals surface area (Å²) >= 11 is 0. The largest absolute Gasteiger partial charge is 0.384 e. The highest BCUT2D eigenvalue weighted by Gasteiger charge is 2.42. The van der Waals surface area contributed by atoms with Gasteiger partial charge in [-0.1, -0.05) is 0 Å². The summed E-state index contributed by atoms with van der Waals surface area (Å²) in [4.78, 5) is 23.2. The number of rotatable bonds is 3. The third kappa shape index (κ3) is 2.12. The molecule has 1 saturated heterocycles. The zero-order chi connectivity index (χ0) is 13.4. The molecule has 102 valence electrons. The SMILES string of the molecule is COCCC(=O)N1[C@H]2CC[C@@H]1c1cnc(C)nc1C2. The molecule has 2 atom stereocenters. The second kappa shape index (κ2) is 4.89. The zero-order valence-corrected chi connectivity index (χ0v) is 11.4. The van der Waals surface area contributed by atoms with Crippen LogP contribution in [-0.2, 0) is 16.0 Å². The summed E-state index contributed by atoms with van der Waals surface area (Å²) in [5, 5.41) is 0. The molecule has 0 radical (unpaired) electrons. The van der Waals surface area contributed by atoms with E-state index >= 15 is 0 Å². The monoisotopic (exact) mass is 261 g/mol. The number of carbonyl (C=O) groups is 1. The lowest BCUT2D eigenvalue weighted by Gasteiger charge is -2.35. The van der Waals surface area contributed by atoms with E-state index < -0.39 is 0 Å². The predicted octanol–water partition coefficient (Wildman–Crippen LogP) is 1.41. The second-order valence-electron chi connectivity index (χ2n) is 5.31. The van der Waals surface area contributed by atoms with E-state index in [9.17, 15) is 4.79 Å². The third-order valence-corrected chi connectivity index (χ3v) is 4.12. The van der Waals surface area contributed by atoms with Crippen molar-refractivity contribution in [3.8, 4) is 0 Å². The molecule has 0 unspecified atom stereocenters. The molecule has 19 heavy (non-hydrogen) atoms. The van der Waals surface area contributed by atoms with Gasteiger partial charge >= 0.3 is 0 Å². The van der Waals surface area contributed by atoms with Gasteiger partial charge < -0.3 is 9.64 Å². The Labute approximate surface area is 113 Å². The van der Waals surface area contributed by atoms with Crippen molar-refractivity contribution in [3.05, 3.63) is 23.3 Å². The molecular weight excluding hydrogens is 242 g/mol. The van der Waals surface area contributed by atoms with Crippen LogP contribution in [0.25, 0.3) is 0 Å². The van der Waals surface area contributed by atoms with Gasteiger partial charge in [-0.15, -0.1) is 0 Å². The maximum atomic E-state index is 12.3. The van der Waals surface area contributed by atoms with Crippen LogP contribution in [0.2, 0.25) is 0 Å². The number of ether oxygens (including phenoxy) is 1. The molecule has 3 heterocycles. The van der Waals surface area contributed by atoms with Crippen LogP contribution in [0.1, 0.15) is 42.4 Å². The quantitative estimate of drug-likeness (QED) is 0.825. The molecule has 0 aliphatic carbocycles. The number of hydrogen-bond donors (Lipinski definition) is 0. The van der Waals surface area contributed by atoms with Gasteiger partial charge in [-0.25, -0.2) is 9.97 Å². The van der Waals surface area contributed by atoms with E-state index in [-0.39, 0.29) is 11.9 Å². The lowest BCUT2D eigenvalue weighted by molar-refractivity contribution is -0.135. The molecule has 1 fully saturated rings. The van der Waals surface area contributed by atoms with Crippen molar-refractivity contribution in [2.45, 2.75) is 44.7 Å². The number of carbonyl (C=O) groups excluding carboxylic acids is 1. The number of aromatic nitrogens is 2. The number of hydrogen-bond acceptors (Lipinski definition) is 4. The van der Waals surface area contributed by atoms with Crippen molar-refractivity contribution in [3.63, 3.8) is 0 Å². The predicted molar refractivity (Wildman–Crippen MR) is 69.6 cm³/mol. The maximum Gasteiger partial charge on any atom is 0.225 e. The summed E-state index contributed by atoms with van der Waals surface area (Å²) in [5.74, 6) is 1.01. The molecule has 0 saturated carbocycles. The number of methoxy groups -OCH3 is 1. The first kappa shape index (κ1) is 12.5. The smallest absolute Gasteiger partial charge is 0.225 e. The fraction of sp³-hybridized carbons (Fsp3) is 0.643. The van der Waals surface area contributed by atoms with E-state index in [1.807, 2.05) is 18.0 Å². The maximum absolute atomic E-state index is 12.3. The van der Waals surface area contributed by atoms with Gasteiger partial charge in [0, 0.05) is 31.3 Å². The Bertz CT molecular complexity index is 503. The Hall–Kier alpha value is -1.49. The first-order valence-corrected chi connectivity index (χ1v) is 6.83. The molecule has 0 aromatic carbocycles. The summed E-state index contributed by atoms with van der Waals surface area (Å²) in [5.41, 5.74) is 2.28. The van der Waals surface area contributed by atoms with Gasteiger partial charge in [0.05, 0.1) is 24.8 Å². The van der Waals surface area contributed by atoms with Gasteiger partial charge in [-0.2, -0.15) is 0 Å². The number of nitrogens with zero attached hydrogens (tertiary/aromatic N) is 3. The van der Waals surface area contributed by atoms with E-state index in [2.05, 4.69) is 9.97 Å². The molecule has 1 aromatic rings. The average Bonchev–Trinajstić information content (AvgIpc) is 2.71. The van der Waals surface area contributed by atoms with Crippen LogP contribution in [0.15, 0.2) is 6.20 Å². The highest BCUT2D eigenvalue weighted by molar-refractivity contribution is 5.78. The number of aryl methyl sites for hydroxylation is 1. The lowest BCUT2D eigenvalue weighted by Crippen LogP contribution is -2.42. The van der Waals surface area contributed by atoms with E-state index in [0.29, 0.717) is 19.1 Å². The van der Waals surface area contributed by atoms with Crippen molar-refractivity contribution in [1.82, 2.24) is 14.9 Å². The minimum Gasteiger partial charge on any atom is -0.384 e. The van der Waals surface area contributed by atoms with Gasteiger partial charge in [-0.3, -0.25) is 4.79 Å². The Morgan fingerprint density at radius 1 is 1.53 bits per heavy atom. The molecule has 0 spiro atoms. The highest BCUT2D eigenvalue weighted by atomic mass is 16.5. The topological polar surface area (TPSA) is 55.3 Å². The van der Waals surface area contributed by atoms with E-state index in [0.717, 1.165) is 36.3 Å². The van der Waals surface area contributed by atoms with Gasteiger partial charge in [0.1, 0.15) is 5.82 Å². The van der Waals surface area contributed by atoms with Crippen LogP contribution in [0.4, 0.5) is 0 Å². The third-order valence-electron chi connectivity index (χ3n) is 4.12. The number of amides is 1. The minimum atomic E-state index is 0.179. The van der Waals surface area contributed by atoms with Crippen LogP contribution >= 0.6 is 0 Å². The van der Waals surface area contributed by atoms with Gasteiger partial charge in [0.2, 0.25) is 5.91 Å². The first-order valence-electron chi connectivity index (χ1n) is 6.83. The Balaban J connectivity index is 1.87. The molecule has 2 aliphatic heterocycles. The van der Waals surface area contributed by atoms with Crippen molar-refractivity contribution in [1.29, 1.82) is 0 Å². The fourth-order valence-electron chi connectivity index (χ4n) is 3.28. The zero-order valence-electron chi connectivity index (χ0n) is 11.4. The molecule has 5 nitrogen and oxygen atoms in total. The van der Waals surface area contributed by atoms with E-state index in [1.165, 1.54) is 0 Å². The summed E-state index contributed by atoms with van der Waals surface area (Å²) in [7, 11) is 1.63. The number of fused-ring (bicyclic) bond motifs is 4. The van der Waals surface area contributed by atoms with Crippen LogP contribution < -0.4 is 0 Å². The van der Waals surface area contributed by atoms with E-state index in [4.69, 9.17) is 4.74 Å². The van der Waals surface area contributed by atoms with Crippen LogP contribution in [0.5, 0.6) is 0 Å². The van der Waals surface area contributed by atoms with Crippen molar-refractivity contribution < 1.29 is 9.53 Å². The molecule has 3 rings (SSSR count). The fourth-order valence-corrected chi connectivity index (χ4v) is 3.28. The summed E-state index contributed by atoms with van der Waals surface area (Å²) in [6, 6.07) is 0.495.